The zero-order chi connectivity index (χ0) is 28.4. The summed E-state index contributed by atoms with van der Waals surface area (Å²) in [7, 11) is 0. The molecule has 8 nitrogen and oxygen atoms in total. The van der Waals surface area contributed by atoms with Crippen LogP contribution in [0.1, 0.15) is 25.3 Å². The fraction of sp³-hybridized carbons (Fsp3) is 0.406. The molecule has 3 fully saturated rings. The minimum Gasteiger partial charge on any atom is -0.394 e. The normalized spacial score (nSPS) is 27.2. The molecular formula is C32H37N3O5. The smallest absolute Gasteiger partial charge is 0.249 e. The van der Waals surface area contributed by atoms with Gasteiger partial charge in [0.1, 0.15) is 11.6 Å². The summed E-state index contributed by atoms with van der Waals surface area (Å²) < 4.78 is 6.60. The molecule has 3 saturated heterocycles. The van der Waals surface area contributed by atoms with Crippen LogP contribution in [0.5, 0.6) is 0 Å². The van der Waals surface area contributed by atoms with Crippen LogP contribution in [0, 0.1) is 11.8 Å². The molecule has 3 aliphatic rings. The zero-order valence-corrected chi connectivity index (χ0v) is 22.9. The van der Waals surface area contributed by atoms with Crippen molar-refractivity contribution >= 4 is 23.4 Å². The van der Waals surface area contributed by atoms with E-state index in [1.54, 1.807) is 28.9 Å². The van der Waals surface area contributed by atoms with Gasteiger partial charge in [0.15, 0.2) is 0 Å². The highest BCUT2D eigenvalue weighted by Gasteiger charge is 2.75. The Morgan fingerprint density at radius 1 is 1.07 bits per heavy atom. The Hall–Kier alpha value is -3.75. The molecule has 2 aromatic rings. The summed E-state index contributed by atoms with van der Waals surface area (Å²) in [6.45, 7) is 9.99. The van der Waals surface area contributed by atoms with Gasteiger partial charge in [0.2, 0.25) is 17.7 Å². The average Bonchev–Trinajstić information content (AvgIpc) is 3.63. The molecule has 1 spiro atoms. The second-order valence-corrected chi connectivity index (χ2v) is 10.9. The topological polar surface area (TPSA) is 90.4 Å². The van der Waals surface area contributed by atoms with Crippen LogP contribution in [0.25, 0.3) is 0 Å². The van der Waals surface area contributed by atoms with Gasteiger partial charge in [-0.3, -0.25) is 14.4 Å². The zero-order valence-electron chi connectivity index (χ0n) is 22.9. The van der Waals surface area contributed by atoms with Gasteiger partial charge in [0, 0.05) is 25.3 Å². The van der Waals surface area contributed by atoms with Crippen LogP contribution in [0.2, 0.25) is 0 Å². The summed E-state index contributed by atoms with van der Waals surface area (Å²) in [5, 5.41) is 10.1. The molecule has 6 atom stereocenters. The minimum absolute atomic E-state index is 0.215. The Kier molecular flexibility index (Phi) is 7.92. The van der Waals surface area contributed by atoms with Crippen molar-refractivity contribution in [3.63, 3.8) is 0 Å². The molecular weight excluding hydrogens is 506 g/mol. The van der Waals surface area contributed by atoms with Gasteiger partial charge in [-0.2, -0.15) is 0 Å². The molecule has 2 unspecified atom stereocenters. The van der Waals surface area contributed by atoms with Crippen LogP contribution in [0.4, 0.5) is 5.69 Å². The Morgan fingerprint density at radius 3 is 2.35 bits per heavy atom. The SMILES string of the molecule is C=CCN(Cc1ccccc1)C(=O)C1N([C@H](C)CO)C(=O)[C@@H]2[C@H](C(=O)N(CC=C)c3ccccc3)[C@@H]3CCC12O3. The van der Waals surface area contributed by atoms with E-state index >= 15 is 0 Å². The summed E-state index contributed by atoms with van der Waals surface area (Å²) in [5.74, 6) is -2.35. The molecule has 0 aliphatic carbocycles. The van der Waals surface area contributed by atoms with Gasteiger partial charge in [-0.05, 0) is 37.5 Å². The fourth-order valence-electron chi connectivity index (χ4n) is 6.82. The third-order valence-corrected chi connectivity index (χ3v) is 8.52. The Bertz CT molecular complexity index is 1270. The van der Waals surface area contributed by atoms with Gasteiger partial charge in [0.25, 0.3) is 0 Å². The molecule has 3 heterocycles. The highest BCUT2D eigenvalue weighted by Crippen LogP contribution is 2.59. The van der Waals surface area contributed by atoms with Crippen molar-refractivity contribution in [1.82, 2.24) is 9.80 Å². The summed E-state index contributed by atoms with van der Waals surface area (Å²) >= 11 is 0. The van der Waals surface area contributed by atoms with Crippen molar-refractivity contribution in [3.8, 4) is 0 Å². The van der Waals surface area contributed by atoms with E-state index in [0.29, 0.717) is 25.1 Å². The van der Waals surface area contributed by atoms with E-state index in [1.165, 1.54) is 4.90 Å². The lowest BCUT2D eigenvalue weighted by atomic mass is 9.70. The predicted octanol–water partition coefficient (Wildman–Crippen LogP) is 3.18. The Morgan fingerprint density at radius 2 is 1.73 bits per heavy atom. The number of benzene rings is 2. The quantitative estimate of drug-likeness (QED) is 0.440. The van der Waals surface area contributed by atoms with E-state index in [2.05, 4.69) is 13.2 Å². The second kappa shape index (κ2) is 11.4. The van der Waals surface area contributed by atoms with Crippen LogP contribution < -0.4 is 4.90 Å². The van der Waals surface area contributed by atoms with Crippen LogP contribution in [0.3, 0.4) is 0 Å². The number of carbonyl (C=O) groups excluding carboxylic acids is 3. The number of ether oxygens (including phenoxy) is 1. The van der Waals surface area contributed by atoms with Gasteiger partial charge >= 0.3 is 0 Å². The number of aliphatic hydroxyl groups excluding tert-OH is 1. The number of aliphatic hydroxyl groups is 1. The van der Waals surface area contributed by atoms with Crippen molar-refractivity contribution in [1.29, 1.82) is 0 Å². The molecule has 3 aliphatic heterocycles. The molecule has 3 amide bonds. The van der Waals surface area contributed by atoms with E-state index in [0.717, 1.165) is 5.56 Å². The average molecular weight is 544 g/mol. The van der Waals surface area contributed by atoms with Crippen molar-refractivity contribution in [3.05, 3.63) is 91.5 Å². The maximum absolute atomic E-state index is 14.4. The molecule has 0 saturated carbocycles. The first-order valence-corrected chi connectivity index (χ1v) is 13.9. The number of hydrogen-bond acceptors (Lipinski definition) is 5. The Balaban J connectivity index is 1.53. The second-order valence-electron chi connectivity index (χ2n) is 10.9. The van der Waals surface area contributed by atoms with Gasteiger partial charge in [0.05, 0.1) is 30.6 Å². The van der Waals surface area contributed by atoms with Gasteiger partial charge in [-0.25, -0.2) is 0 Å². The number of likely N-dealkylation sites (tertiary alicyclic amines) is 1. The molecule has 0 radical (unpaired) electrons. The van der Waals surface area contributed by atoms with E-state index in [4.69, 9.17) is 4.74 Å². The number of rotatable bonds is 11. The third-order valence-electron chi connectivity index (χ3n) is 8.52. The van der Waals surface area contributed by atoms with E-state index in [9.17, 15) is 19.5 Å². The largest absolute Gasteiger partial charge is 0.394 e. The molecule has 5 rings (SSSR count). The highest BCUT2D eigenvalue weighted by molar-refractivity contribution is 6.03. The summed E-state index contributed by atoms with van der Waals surface area (Å²) in [6.07, 6.45) is 3.92. The standard InChI is InChI=1S/C32H37N3O5/c1-4-18-33(20-23-12-8-6-9-13-23)31(39)28-32-17-16-25(40-32)26(27(32)30(38)35(28)22(3)21-36)29(37)34(19-5-2)24-14-10-7-11-15-24/h4-15,22,25-28,36H,1-2,16-21H2,3H3/t22-,25+,26-,27+,28?,32?/m1/s1. The summed E-state index contributed by atoms with van der Waals surface area (Å²) in [4.78, 5) is 47.6. The third kappa shape index (κ3) is 4.55. The lowest BCUT2D eigenvalue weighted by molar-refractivity contribution is -0.150. The van der Waals surface area contributed by atoms with Crippen molar-refractivity contribution < 1.29 is 24.2 Å². The molecule has 40 heavy (non-hydrogen) atoms. The Labute approximate surface area is 235 Å². The van der Waals surface area contributed by atoms with E-state index < -0.39 is 35.6 Å². The van der Waals surface area contributed by atoms with Gasteiger partial charge in [-0.15, -0.1) is 13.2 Å². The highest BCUT2D eigenvalue weighted by atomic mass is 16.5. The summed E-state index contributed by atoms with van der Waals surface area (Å²) in [5.41, 5.74) is 0.517. The van der Waals surface area contributed by atoms with Crippen molar-refractivity contribution in [2.75, 3.05) is 24.6 Å². The van der Waals surface area contributed by atoms with Gasteiger partial charge in [-0.1, -0.05) is 60.7 Å². The van der Waals surface area contributed by atoms with Crippen LogP contribution in [0.15, 0.2) is 86.0 Å². The molecule has 1 N–H and O–H groups in total. The molecule has 0 aromatic heterocycles. The van der Waals surface area contributed by atoms with E-state index in [-0.39, 0.29) is 37.4 Å². The number of para-hydroxylation sites is 1. The van der Waals surface area contributed by atoms with Crippen molar-refractivity contribution in [2.45, 2.75) is 50.1 Å². The van der Waals surface area contributed by atoms with Crippen molar-refractivity contribution in [2.24, 2.45) is 11.8 Å². The first-order valence-electron chi connectivity index (χ1n) is 13.9. The van der Waals surface area contributed by atoms with Gasteiger partial charge < -0.3 is 24.5 Å². The monoisotopic (exact) mass is 543 g/mol. The molecule has 8 heteroatoms. The molecule has 2 aromatic carbocycles. The van der Waals surface area contributed by atoms with Crippen LogP contribution in [-0.4, -0.2) is 76.1 Å². The number of amides is 3. The number of anilines is 1. The number of hydrogen-bond donors (Lipinski definition) is 1. The molecule has 2 bridgehead atoms. The first-order chi connectivity index (χ1) is 19.4. The maximum atomic E-state index is 14.4. The maximum Gasteiger partial charge on any atom is 0.249 e. The first kappa shape index (κ1) is 27.8. The molecule has 210 valence electrons. The fourth-order valence-corrected chi connectivity index (χ4v) is 6.82. The number of fused-ring (bicyclic) bond motifs is 1. The summed E-state index contributed by atoms with van der Waals surface area (Å²) in [6, 6.07) is 17.4. The van der Waals surface area contributed by atoms with Crippen LogP contribution >= 0.6 is 0 Å². The lowest BCUT2D eigenvalue weighted by Gasteiger charge is -2.38. The lowest BCUT2D eigenvalue weighted by Crippen LogP contribution is -2.58. The predicted molar refractivity (Wildman–Crippen MR) is 152 cm³/mol. The number of carbonyl (C=O) groups is 3. The number of nitrogens with zero attached hydrogens (tertiary/aromatic N) is 3. The van der Waals surface area contributed by atoms with E-state index in [1.807, 2.05) is 60.7 Å². The van der Waals surface area contributed by atoms with Crippen LogP contribution in [-0.2, 0) is 25.7 Å². The minimum atomic E-state index is -1.14.